The number of hydrogen-bond acceptors (Lipinski definition) is 6. The van der Waals surface area contributed by atoms with Crippen LogP contribution in [0.25, 0.3) is 11.5 Å². The van der Waals surface area contributed by atoms with E-state index < -0.39 is 0 Å². The van der Waals surface area contributed by atoms with E-state index in [1.165, 1.54) is 11.3 Å². The van der Waals surface area contributed by atoms with Gasteiger partial charge in [-0.1, -0.05) is 5.10 Å². The number of rotatable bonds is 5. The fourth-order valence-corrected chi connectivity index (χ4v) is 3.13. The molecule has 0 radical (unpaired) electrons. The fraction of sp³-hybridized carbons (Fsp3) is 0.133. The molecular formula is C15H12BrN3O3S. The van der Waals surface area contributed by atoms with Crippen LogP contribution in [0.5, 0.6) is 5.75 Å². The summed E-state index contributed by atoms with van der Waals surface area (Å²) < 4.78 is 11.7. The molecule has 2 heterocycles. The molecule has 8 heteroatoms. The Morgan fingerprint density at radius 1 is 1.26 bits per heavy atom. The van der Waals surface area contributed by atoms with E-state index in [9.17, 15) is 4.79 Å². The minimum Gasteiger partial charge on any atom is -0.494 e. The summed E-state index contributed by atoms with van der Waals surface area (Å²) >= 11 is 4.64. The van der Waals surface area contributed by atoms with E-state index in [0.29, 0.717) is 17.4 Å². The Morgan fingerprint density at radius 2 is 2.04 bits per heavy atom. The zero-order valence-corrected chi connectivity index (χ0v) is 14.5. The quantitative estimate of drug-likeness (QED) is 0.702. The molecule has 1 N–H and O–H groups in total. The van der Waals surface area contributed by atoms with Crippen LogP contribution in [0.2, 0.25) is 0 Å². The van der Waals surface area contributed by atoms with Gasteiger partial charge in [-0.2, -0.15) is 0 Å². The monoisotopic (exact) mass is 393 g/mol. The van der Waals surface area contributed by atoms with Crippen LogP contribution in [0.4, 0.5) is 6.01 Å². The van der Waals surface area contributed by atoms with E-state index in [2.05, 4.69) is 31.4 Å². The first kappa shape index (κ1) is 15.7. The van der Waals surface area contributed by atoms with E-state index in [0.717, 1.165) is 15.1 Å². The highest BCUT2D eigenvalue weighted by Crippen LogP contribution is 2.25. The van der Waals surface area contributed by atoms with E-state index in [-0.39, 0.29) is 11.9 Å². The lowest BCUT2D eigenvalue weighted by Crippen LogP contribution is -2.10. The second-order valence-corrected chi connectivity index (χ2v) is 6.89. The molecule has 23 heavy (non-hydrogen) atoms. The van der Waals surface area contributed by atoms with Gasteiger partial charge in [-0.3, -0.25) is 10.1 Å². The second kappa shape index (κ2) is 6.93. The van der Waals surface area contributed by atoms with Crippen LogP contribution in [-0.2, 0) is 0 Å². The number of carbonyl (C=O) groups excluding carboxylic acids is 1. The molecule has 0 aliphatic heterocycles. The van der Waals surface area contributed by atoms with Crippen molar-refractivity contribution in [2.75, 3.05) is 11.9 Å². The Kier molecular flexibility index (Phi) is 4.73. The number of nitrogens with one attached hydrogen (secondary N) is 1. The smallest absolute Gasteiger partial charge is 0.322 e. The summed E-state index contributed by atoms with van der Waals surface area (Å²) in [4.78, 5) is 12.6. The highest BCUT2D eigenvalue weighted by molar-refractivity contribution is 9.11. The van der Waals surface area contributed by atoms with Gasteiger partial charge in [-0.25, -0.2) is 0 Å². The van der Waals surface area contributed by atoms with Gasteiger partial charge < -0.3 is 9.15 Å². The van der Waals surface area contributed by atoms with Gasteiger partial charge in [0.05, 0.1) is 15.3 Å². The van der Waals surface area contributed by atoms with Crippen molar-refractivity contribution in [2.45, 2.75) is 6.92 Å². The number of hydrogen-bond donors (Lipinski definition) is 1. The Bertz CT molecular complexity index is 813. The number of ether oxygens (including phenoxy) is 1. The van der Waals surface area contributed by atoms with Crippen LogP contribution >= 0.6 is 27.3 Å². The molecule has 2 aromatic heterocycles. The van der Waals surface area contributed by atoms with Gasteiger partial charge in [-0.15, -0.1) is 16.4 Å². The minimum absolute atomic E-state index is 0.0587. The Balaban J connectivity index is 1.71. The Labute approximate surface area is 144 Å². The summed E-state index contributed by atoms with van der Waals surface area (Å²) in [5.41, 5.74) is 0.750. The topological polar surface area (TPSA) is 77.3 Å². The van der Waals surface area contributed by atoms with Gasteiger partial charge in [0.15, 0.2) is 0 Å². The average Bonchev–Trinajstić information content (AvgIpc) is 3.18. The van der Waals surface area contributed by atoms with Gasteiger partial charge in [0.25, 0.3) is 5.91 Å². The van der Waals surface area contributed by atoms with E-state index >= 15 is 0 Å². The van der Waals surface area contributed by atoms with Crippen LogP contribution in [-0.4, -0.2) is 22.7 Å². The molecule has 1 aromatic carbocycles. The number of halogens is 1. The third-order valence-electron chi connectivity index (χ3n) is 2.85. The number of amides is 1. The van der Waals surface area contributed by atoms with Crippen LogP contribution < -0.4 is 10.1 Å². The maximum absolute atomic E-state index is 12.0. The van der Waals surface area contributed by atoms with Crippen molar-refractivity contribution in [1.82, 2.24) is 10.2 Å². The first-order valence-electron chi connectivity index (χ1n) is 6.79. The molecule has 0 aliphatic carbocycles. The zero-order valence-electron chi connectivity index (χ0n) is 12.1. The predicted octanol–water partition coefficient (Wildman–Crippen LogP) is 4.21. The summed E-state index contributed by atoms with van der Waals surface area (Å²) in [7, 11) is 0. The third kappa shape index (κ3) is 3.77. The van der Waals surface area contributed by atoms with E-state index in [4.69, 9.17) is 9.15 Å². The molecule has 0 bridgehead atoms. The van der Waals surface area contributed by atoms with Crippen molar-refractivity contribution in [2.24, 2.45) is 0 Å². The Morgan fingerprint density at radius 3 is 2.70 bits per heavy atom. The summed E-state index contributed by atoms with van der Waals surface area (Å²) in [5, 5.41) is 10.4. The van der Waals surface area contributed by atoms with Crippen molar-refractivity contribution in [3.05, 3.63) is 45.1 Å². The summed E-state index contributed by atoms with van der Waals surface area (Å²) in [6.45, 7) is 2.53. The minimum atomic E-state index is -0.289. The van der Waals surface area contributed by atoms with Gasteiger partial charge in [0.2, 0.25) is 5.89 Å². The first-order chi connectivity index (χ1) is 11.2. The van der Waals surface area contributed by atoms with Gasteiger partial charge in [-0.05, 0) is 59.3 Å². The molecule has 0 unspecified atom stereocenters. The SMILES string of the molecule is CCOc1ccc(-c2nnc(NC(=O)c3ccc(Br)s3)o2)cc1. The summed E-state index contributed by atoms with van der Waals surface area (Å²) in [6, 6.07) is 10.9. The zero-order chi connectivity index (χ0) is 16.2. The van der Waals surface area contributed by atoms with Crippen LogP contribution in [0.15, 0.2) is 44.6 Å². The maximum Gasteiger partial charge on any atom is 0.322 e. The molecule has 0 fully saturated rings. The maximum atomic E-state index is 12.0. The molecule has 0 spiro atoms. The third-order valence-corrected chi connectivity index (χ3v) is 4.48. The number of carbonyl (C=O) groups is 1. The normalized spacial score (nSPS) is 10.5. The highest BCUT2D eigenvalue weighted by Gasteiger charge is 2.14. The second-order valence-electron chi connectivity index (χ2n) is 4.43. The largest absolute Gasteiger partial charge is 0.494 e. The summed E-state index contributed by atoms with van der Waals surface area (Å²) in [6.07, 6.45) is 0. The average molecular weight is 394 g/mol. The van der Waals surface area contributed by atoms with Crippen molar-refractivity contribution in [1.29, 1.82) is 0 Å². The van der Waals surface area contributed by atoms with Crippen LogP contribution in [0.3, 0.4) is 0 Å². The van der Waals surface area contributed by atoms with Crippen LogP contribution in [0.1, 0.15) is 16.6 Å². The lowest BCUT2D eigenvalue weighted by Gasteiger charge is -2.02. The lowest BCUT2D eigenvalue weighted by atomic mass is 10.2. The number of thiophene rings is 1. The molecule has 1 amide bonds. The fourth-order valence-electron chi connectivity index (χ4n) is 1.85. The molecule has 6 nitrogen and oxygen atoms in total. The highest BCUT2D eigenvalue weighted by atomic mass is 79.9. The van der Waals surface area contributed by atoms with Crippen molar-refractivity contribution in [3.63, 3.8) is 0 Å². The van der Waals surface area contributed by atoms with E-state index in [1.54, 1.807) is 12.1 Å². The standard InChI is InChI=1S/C15H12BrN3O3S/c1-2-21-10-5-3-9(4-6-10)14-18-19-15(22-14)17-13(20)11-7-8-12(16)23-11/h3-8H,2H2,1H3,(H,17,19,20). The number of anilines is 1. The van der Waals surface area contributed by atoms with Gasteiger partial charge >= 0.3 is 6.01 Å². The lowest BCUT2D eigenvalue weighted by molar-refractivity contribution is 0.102. The summed E-state index contributed by atoms with van der Waals surface area (Å²) in [5.74, 6) is 0.811. The number of aromatic nitrogens is 2. The van der Waals surface area contributed by atoms with Crippen LogP contribution in [0, 0.1) is 0 Å². The van der Waals surface area contributed by atoms with Gasteiger partial charge in [0, 0.05) is 5.56 Å². The molecule has 118 valence electrons. The number of nitrogens with zero attached hydrogens (tertiary/aromatic N) is 2. The molecule has 0 saturated carbocycles. The number of benzene rings is 1. The molecule has 3 aromatic rings. The van der Waals surface area contributed by atoms with Gasteiger partial charge in [0.1, 0.15) is 5.75 Å². The molecular weight excluding hydrogens is 382 g/mol. The predicted molar refractivity (Wildman–Crippen MR) is 90.9 cm³/mol. The first-order valence-corrected chi connectivity index (χ1v) is 8.40. The van der Waals surface area contributed by atoms with E-state index in [1.807, 2.05) is 31.2 Å². The molecule has 3 rings (SSSR count). The van der Waals surface area contributed by atoms with Crippen molar-refractivity contribution in [3.8, 4) is 17.2 Å². The van der Waals surface area contributed by atoms with Crippen molar-refractivity contribution < 1.29 is 13.9 Å². The Hall–Kier alpha value is -2.19. The molecule has 0 saturated heterocycles. The molecule has 0 aliphatic rings. The van der Waals surface area contributed by atoms with Crippen molar-refractivity contribution >= 4 is 39.2 Å². The molecule has 0 atom stereocenters.